The highest BCUT2D eigenvalue weighted by molar-refractivity contribution is 6.31. The Morgan fingerprint density at radius 3 is 2.44 bits per heavy atom. The molecule has 1 saturated carbocycles. The molecule has 0 amide bonds. The number of rotatable bonds is 4. The molecule has 18 heavy (non-hydrogen) atoms. The molecule has 2 N–H and O–H groups in total. The number of halogens is 4. The molecule has 0 aliphatic heterocycles. The van der Waals surface area contributed by atoms with E-state index in [0.717, 1.165) is 18.4 Å². The summed E-state index contributed by atoms with van der Waals surface area (Å²) in [5.74, 6) is 0. The largest absolute Gasteiger partial charge is 0.405 e. The number of hydrogen-bond acceptors (Lipinski definition) is 2. The van der Waals surface area contributed by atoms with Crippen LogP contribution >= 0.6 is 11.6 Å². The highest BCUT2D eigenvalue weighted by Gasteiger charge is 2.38. The molecule has 2 nitrogen and oxygen atoms in total. The van der Waals surface area contributed by atoms with Crippen LogP contribution in [-0.2, 0) is 6.54 Å². The number of anilines is 1. The predicted octanol–water partition coefficient (Wildman–Crippen LogP) is 3.33. The Bertz CT molecular complexity index is 430. The van der Waals surface area contributed by atoms with E-state index in [1.54, 1.807) is 18.2 Å². The lowest BCUT2D eigenvalue weighted by atomic mass is 10.2. The molecular formula is C12H14ClF3N2. The molecule has 100 valence electrons. The summed E-state index contributed by atoms with van der Waals surface area (Å²) in [5, 5.41) is 0.419. The van der Waals surface area contributed by atoms with Gasteiger partial charge < -0.3 is 10.6 Å². The molecule has 1 aliphatic carbocycles. The van der Waals surface area contributed by atoms with Gasteiger partial charge in [0.2, 0.25) is 0 Å². The topological polar surface area (TPSA) is 29.3 Å². The molecule has 0 spiro atoms. The van der Waals surface area contributed by atoms with Crippen molar-refractivity contribution in [3.8, 4) is 0 Å². The quantitative estimate of drug-likeness (QED) is 0.915. The fourth-order valence-corrected chi connectivity index (χ4v) is 2.14. The molecule has 1 aromatic rings. The van der Waals surface area contributed by atoms with Crippen molar-refractivity contribution < 1.29 is 13.2 Å². The zero-order valence-corrected chi connectivity index (χ0v) is 10.4. The molecule has 0 atom stereocenters. The van der Waals surface area contributed by atoms with E-state index in [9.17, 15) is 13.2 Å². The predicted molar refractivity (Wildman–Crippen MR) is 65.8 cm³/mol. The van der Waals surface area contributed by atoms with Crippen molar-refractivity contribution in [3.63, 3.8) is 0 Å². The molecule has 1 aromatic carbocycles. The molecule has 0 radical (unpaired) electrons. The second-order valence-corrected chi connectivity index (χ2v) is 4.86. The van der Waals surface area contributed by atoms with E-state index in [0.29, 0.717) is 10.7 Å². The van der Waals surface area contributed by atoms with E-state index in [4.69, 9.17) is 17.3 Å². The average Bonchev–Trinajstić information content (AvgIpc) is 3.08. The zero-order chi connectivity index (χ0) is 13.3. The van der Waals surface area contributed by atoms with Crippen LogP contribution in [0.25, 0.3) is 0 Å². The highest BCUT2D eigenvalue weighted by atomic mass is 35.5. The summed E-state index contributed by atoms with van der Waals surface area (Å²) in [6, 6.07) is 4.88. The Hall–Kier alpha value is -0.940. The van der Waals surface area contributed by atoms with E-state index in [1.807, 2.05) is 0 Å². The second kappa shape index (κ2) is 4.97. The molecular weight excluding hydrogens is 265 g/mol. The summed E-state index contributed by atoms with van der Waals surface area (Å²) < 4.78 is 37.6. The van der Waals surface area contributed by atoms with Gasteiger partial charge in [0, 0.05) is 23.3 Å². The lowest BCUT2D eigenvalue weighted by Crippen LogP contribution is -2.36. The Labute approximate surface area is 109 Å². The van der Waals surface area contributed by atoms with Gasteiger partial charge in [0.25, 0.3) is 0 Å². The summed E-state index contributed by atoms with van der Waals surface area (Å²) in [4.78, 5) is 1.37. The third-order valence-electron chi connectivity index (χ3n) is 2.93. The number of benzene rings is 1. The number of nitrogens with two attached hydrogens (primary N) is 1. The van der Waals surface area contributed by atoms with E-state index < -0.39 is 12.7 Å². The summed E-state index contributed by atoms with van der Waals surface area (Å²) in [6.45, 7) is -0.655. The maximum absolute atomic E-state index is 12.5. The Kier molecular flexibility index (Phi) is 3.73. The fraction of sp³-hybridized carbons (Fsp3) is 0.500. The Balaban J connectivity index is 2.23. The lowest BCUT2D eigenvalue weighted by molar-refractivity contribution is -0.120. The molecule has 0 aromatic heterocycles. The Morgan fingerprint density at radius 1 is 1.33 bits per heavy atom. The van der Waals surface area contributed by atoms with Crippen LogP contribution in [0.3, 0.4) is 0 Å². The van der Waals surface area contributed by atoms with Crippen molar-refractivity contribution in [1.29, 1.82) is 0 Å². The molecule has 0 heterocycles. The minimum absolute atomic E-state index is 0.0218. The first kappa shape index (κ1) is 13.5. The van der Waals surface area contributed by atoms with Crippen LogP contribution in [0.4, 0.5) is 18.9 Å². The van der Waals surface area contributed by atoms with Gasteiger partial charge in [-0.2, -0.15) is 13.2 Å². The van der Waals surface area contributed by atoms with Crippen LogP contribution in [0.5, 0.6) is 0 Å². The van der Waals surface area contributed by atoms with Gasteiger partial charge in [0.15, 0.2) is 0 Å². The van der Waals surface area contributed by atoms with Gasteiger partial charge in [-0.25, -0.2) is 0 Å². The van der Waals surface area contributed by atoms with Crippen LogP contribution in [0.1, 0.15) is 18.4 Å². The monoisotopic (exact) mass is 278 g/mol. The first-order chi connectivity index (χ1) is 8.40. The summed E-state index contributed by atoms with van der Waals surface area (Å²) in [5.41, 5.74) is 6.72. The molecule has 1 fully saturated rings. The van der Waals surface area contributed by atoms with E-state index >= 15 is 0 Å². The van der Waals surface area contributed by atoms with Crippen LogP contribution in [0.2, 0.25) is 5.02 Å². The third kappa shape index (κ3) is 3.29. The molecule has 0 bridgehead atoms. The molecule has 1 aliphatic rings. The minimum Gasteiger partial charge on any atom is -0.359 e. The van der Waals surface area contributed by atoms with Gasteiger partial charge in [-0.1, -0.05) is 17.7 Å². The van der Waals surface area contributed by atoms with Gasteiger partial charge in [-0.15, -0.1) is 0 Å². The minimum atomic E-state index is -4.21. The van der Waals surface area contributed by atoms with Gasteiger partial charge in [0.05, 0.1) is 0 Å². The SMILES string of the molecule is NCc1ccc(N(CC(F)(F)F)C2CC2)cc1Cl. The molecule has 6 heteroatoms. The molecule has 0 saturated heterocycles. The third-order valence-corrected chi connectivity index (χ3v) is 3.28. The molecule has 0 unspecified atom stereocenters. The zero-order valence-electron chi connectivity index (χ0n) is 9.67. The van der Waals surface area contributed by atoms with Crippen molar-refractivity contribution >= 4 is 17.3 Å². The normalized spacial score (nSPS) is 15.8. The summed E-state index contributed by atoms with van der Waals surface area (Å²) in [6.07, 6.45) is -2.61. The summed E-state index contributed by atoms with van der Waals surface area (Å²) >= 11 is 5.98. The first-order valence-electron chi connectivity index (χ1n) is 5.72. The van der Waals surface area contributed by atoms with Crippen LogP contribution < -0.4 is 10.6 Å². The molecule has 2 rings (SSSR count). The van der Waals surface area contributed by atoms with Gasteiger partial charge in [-0.3, -0.25) is 0 Å². The smallest absolute Gasteiger partial charge is 0.359 e. The number of nitrogens with zero attached hydrogens (tertiary/aromatic N) is 1. The standard InChI is InChI=1S/C12H14ClF3N2/c13-11-5-10(2-1-8(11)6-17)18(9-3-4-9)7-12(14,15)16/h1-2,5,9H,3-4,6-7,17H2. The van der Waals surface area contributed by atoms with E-state index in [2.05, 4.69) is 0 Å². The lowest BCUT2D eigenvalue weighted by Gasteiger charge is -2.26. The van der Waals surface area contributed by atoms with Gasteiger partial charge in [-0.05, 0) is 30.5 Å². The number of hydrogen-bond donors (Lipinski definition) is 1. The van der Waals surface area contributed by atoms with Crippen molar-refractivity contribution in [1.82, 2.24) is 0 Å². The van der Waals surface area contributed by atoms with Crippen LogP contribution in [0, 0.1) is 0 Å². The van der Waals surface area contributed by atoms with Crippen molar-refractivity contribution in [3.05, 3.63) is 28.8 Å². The van der Waals surface area contributed by atoms with Crippen LogP contribution in [0.15, 0.2) is 18.2 Å². The highest BCUT2D eigenvalue weighted by Crippen LogP contribution is 2.35. The fourth-order valence-electron chi connectivity index (χ4n) is 1.89. The van der Waals surface area contributed by atoms with Crippen LogP contribution in [-0.4, -0.2) is 18.8 Å². The van der Waals surface area contributed by atoms with E-state index in [1.165, 1.54) is 4.90 Å². The maximum atomic E-state index is 12.5. The second-order valence-electron chi connectivity index (χ2n) is 4.45. The van der Waals surface area contributed by atoms with Gasteiger partial charge in [0.1, 0.15) is 6.54 Å². The van der Waals surface area contributed by atoms with Crippen molar-refractivity contribution in [2.45, 2.75) is 31.6 Å². The van der Waals surface area contributed by atoms with Crippen molar-refractivity contribution in [2.75, 3.05) is 11.4 Å². The number of alkyl halides is 3. The Morgan fingerprint density at radius 2 is 2.00 bits per heavy atom. The average molecular weight is 279 g/mol. The van der Waals surface area contributed by atoms with Crippen molar-refractivity contribution in [2.24, 2.45) is 5.73 Å². The summed E-state index contributed by atoms with van der Waals surface area (Å²) in [7, 11) is 0. The maximum Gasteiger partial charge on any atom is 0.405 e. The van der Waals surface area contributed by atoms with Gasteiger partial charge >= 0.3 is 6.18 Å². The van der Waals surface area contributed by atoms with E-state index in [-0.39, 0.29) is 12.6 Å². The first-order valence-corrected chi connectivity index (χ1v) is 6.10.